The molecule has 1 saturated carbocycles. The number of para-hydroxylation sites is 1. The number of aromatic nitrogens is 2. The van der Waals surface area contributed by atoms with Gasteiger partial charge in [-0.1, -0.05) is 43.0 Å². The van der Waals surface area contributed by atoms with Gasteiger partial charge in [-0.3, -0.25) is 4.79 Å². The second-order valence-electron chi connectivity index (χ2n) is 6.67. The molecule has 1 fully saturated rings. The fourth-order valence-electron chi connectivity index (χ4n) is 3.54. The van der Waals surface area contributed by atoms with Crippen molar-refractivity contribution >= 4 is 17.5 Å². The first-order valence-corrected chi connectivity index (χ1v) is 9.21. The molecular weight excluding hydrogens is 338 g/mol. The number of carbonyl (C=O) groups excluding carboxylic acids is 1. The van der Waals surface area contributed by atoms with E-state index in [9.17, 15) is 9.90 Å². The Bertz CT molecular complexity index is 744. The van der Waals surface area contributed by atoms with Crippen molar-refractivity contribution in [3.05, 3.63) is 46.7 Å². The highest BCUT2D eigenvalue weighted by molar-refractivity contribution is 6.32. The molecule has 0 bridgehead atoms. The monoisotopic (exact) mass is 361 g/mol. The average molecular weight is 362 g/mol. The first-order valence-electron chi connectivity index (χ1n) is 8.83. The molecule has 0 spiro atoms. The van der Waals surface area contributed by atoms with Crippen LogP contribution in [0.2, 0.25) is 5.02 Å². The Kier molecular flexibility index (Phi) is 5.76. The molecule has 2 unspecified atom stereocenters. The number of hydrogen-bond acceptors (Lipinski definition) is 3. The lowest BCUT2D eigenvalue weighted by molar-refractivity contribution is 0.0899. The summed E-state index contributed by atoms with van der Waals surface area (Å²) < 4.78 is 1.69. The van der Waals surface area contributed by atoms with E-state index in [1.54, 1.807) is 16.9 Å². The molecule has 1 aromatic heterocycles. The lowest BCUT2D eigenvalue weighted by Gasteiger charge is -2.24. The number of aliphatic hydroxyl groups is 1. The van der Waals surface area contributed by atoms with Crippen LogP contribution >= 0.6 is 11.6 Å². The summed E-state index contributed by atoms with van der Waals surface area (Å²) in [4.78, 5) is 12.8. The first-order chi connectivity index (χ1) is 12.1. The largest absolute Gasteiger partial charge is 0.396 e. The standard InChI is InChI=1S/C19H24ClN3O2/c1-13-15(11-21-23(13)18-10-6-5-8-16(18)20)19(25)22-17-9-4-2-3-7-14(17)12-24/h5-6,8,10-11,14,17,24H,2-4,7,9,12H2,1H3,(H,22,25). The molecule has 134 valence electrons. The van der Waals surface area contributed by atoms with Crippen molar-refractivity contribution in [3.8, 4) is 5.69 Å². The molecule has 1 aromatic carbocycles. The van der Waals surface area contributed by atoms with Crippen molar-refractivity contribution in [3.63, 3.8) is 0 Å². The first kappa shape index (κ1) is 18.0. The van der Waals surface area contributed by atoms with Crippen molar-refractivity contribution in [2.45, 2.75) is 45.1 Å². The zero-order valence-corrected chi connectivity index (χ0v) is 15.2. The van der Waals surface area contributed by atoms with E-state index in [1.807, 2.05) is 25.1 Å². The number of hydrogen-bond donors (Lipinski definition) is 2. The summed E-state index contributed by atoms with van der Waals surface area (Å²) in [6.45, 7) is 1.98. The Morgan fingerprint density at radius 2 is 2.08 bits per heavy atom. The van der Waals surface area contributed by atoms with Crippen molar-refractivity contribution in [1.29, 1.82) is 0 Å². The third-order valence-electron chi connectivity index (χ3n) is 5.05. The third-order valence-corrected chi connectivity index (χ3v) is 5.36. The lowest BCUT2D eigenvalue weighted by Crippen LogP contribution is -2.41. The van der Waals surface area contributed by atoms with E-state index in [0.29, 0.717) is 10.6 Å². The molecule has 0 radical (unpaired) electrons. The molecule has 0 saturated heterocycles. The van der Waals surface area contributed by atoms with Gasteiger partial charge in [0.1, 0.15) is 0 Å². The molecular formula is C19H24ClN3O2. The molecule has 6 heteroatoms. The predicted octanol–water partition coefficient (Wildman–Crippen LogP) is 3.51. The van der Waals surface area contributed by atoms with Gasteiger partial charge in [-0.25, -0.2) is 4.68 Å². The minimum Gasteiger partial charge on any atom is -0.396 e. The quantitative estimate of drug-likeness (QED) is 0.819. The van der Waals surface area contributed by atoms with Crippen LogP contribution in [0, 0.1) is 12.8 Å². The molecule has 1 aliphatic rings. The van der Waals surface area contributed by atoms with Gasteiger partial charge in [0, 0.05) is 18.6 Å². The van der Waals surface area contributed by atoms with Crippen LogP contribution in [0.1, 0.15) is 48.2 Å². The zero-order valence-electron chi connectivity index (χ0n) is 14.4. The van der Waals surface area contributed by atoms with Crippen LogP contribution in [-0.2, 0) is 0 Å². The molecule has 1 heterocycles. The number of rotatable bonds is 4. The van der Waals surface area contributed by atoms with Gasteiger partial charge in [0.25, 0.3) is 5.91 Å². The smallest absolute Gasteiger partial charge is 0.254 e. The Morgan fingerprint density at radius 1 is 1.32 bits per heavy atom. The van der Waals surface area contributed by atoms with Crippen LogP contribution in [-0.4, -0.2) is 33.4 Å². The van der Waals surface area contributed by atoms with Gasteiger partial charge >= 0.3 is 0 Å². The SMILES string of the molecule is Cc1c(C(=O)NC2CCCCCC2CO)cnn1-c1ccccc1Cl. The third kappa shape index (κ3) is 3.88. The Hall–Kier alpha value is -1.85. The van der Waals surface area contributed by atoms with E-state index in [0.717, 1.165) is 43.5 Å². The molecule has 5 nitrogen and oxygen atoms in total. The molecule has 0 aliphatic heterocycles. The maximum Gasteiger partial charge on any atom is 0.254 e. The van der Waals surface area contributed by atoms with Crippen molar-refractivity contribution < 1.29 is 9.90 Å². The lowest BCUT2D eigenvalue weighted by atomic mass is 9.95. The molecule has 25 heavy (non-hydrogen) atoms. The van der Waals surface area contributed by atoms with Crippen LogP contribution < -0.4 is 5.32 Å². The van der Waals surface area contributed by atoms with E-state index in [4.69, 9.17) is 11.6 Å². The van der Waals surface area contributed by atoms with Crippen LogP contribution in [0.25, 0.3) is 5.69 Å². The maximum absolute atomic E-state index is 12.8. The summed E-state index contributed by atoms with van der Waals surface area (Å²) in [5.41, 5.74) is 2.05. The molecule has 3 rings (SSSR count). The van der Waals surface area contributed by atoms with E-state index < -0.39 is 0 Å². The van der Waals surface area contributed by atoms with Crippen LogP contribution in [0.4, 0.5) is 0 Å². The van der Waals surface area contributed by atoms with Crippen LogP contribution in [0.3, 0.4) is 0 Å². The van der Waals surface area contributed by atoms with Gasteiger partial charge in [-0.15, -0.1) is 0 Å². The topological polar surface area (TPSA) is 67.2 Å². The predicted molar refractivity (Wildman–Crippen MR) is 98.2 cm³/mol. The minimum absolute atomic E-state index is 0.0167. The summed E-state index contributed by atoms with van der Waals surface area (Å²) in [5.74, 6) is -0.00785. The van der Waals surface area contributed by atoms with E-state index in [-0.39, 0.29) is 24.5 Å². The molecule has 1 amide bonds. The van der Waals surface area contributed by atoms with Crippen molar-refractivity contribution in [1.82, 2.24) is 15.1 Å². The molecule has 2 aromatic rings. The number of amides is 1. The fraction of sp³-hybridized carbons (Fsp3) is 0.474. The zero-order chi connectivity index (χ0) is 17.8. The summed E-state index contributed by atoms with van der Waals surface area (Å²) in [6, 6.07) is 7.44. The maximum atomic E-state index is 12.8. The number of nitrogens with one attached hydrogen (secondary N) is 1. The fourth-order valence-corrected chi connectivity index (χ4v) is 3.75. The van der Waals surface area contributed by atoms with Gasteiger partial charge in [0.2, 0.25) is 0 Å². The number of aliphatic hydroxyl groups excluding tert-OH is 1. The van der Waals surface area contributed by atoms with Gasteiger partial charge < -0.3 is 10.4 Å². The highest BCUT2D eigenvalue weighted by Crippen LogP contribution is 2.25. The highest BCUT2D eigenvalue weighted by atomic mass is 35.5. The van der Waals surface area contributed by atoms with Gasteiger partial charge in [0.15, 0.2) is 0 Å². The molecule has 2 N–H and O–H groups in total. The summed E-state index contributed by atoms with van der Waals surface area (Å²) in [6.07, 6.45) is 6.80. The average Bonchev–Trinajstić information content (AvgIpc) is 2.85. The van der Waals surface area contributed by atoms with E-state index >= 15 is 0 Å². The van der Waals surface area contributed by atoms with Crippen molar-refractivity contribution in [2.75, 3.05) is 6.61 Å². The molecule has 1 aliphatic carbocycles. The van der Waals surface area contributed by atoms with Crippen molar-refractivity contribution in [2.24, 2.45) is 5.92 Å². The Labute approximate surface area is 153 Å². The Balaban J connectivity index is 1.80. The normalized spacial score (nSPS) is 20.9. The van der Waals surface area contributed by atoms with E-state index in [2.05, 4.69) is 10.4 Å². The summed E-state index contributed by atoms with van der Waals surface area (Å²) in [5, 5.41) is 17.7. The second-order valence-corrected chi connectivity index (χ2v) is 7.07. The highest BCUT2D eigenvalue weighted by Gasteiger charge is 2.26. The van der Waals surface area contributed by atoms with Gasteiger partial charge in [0.05, 0.1) is 28.2 Å². The van der Waals surface area contributed by atoms with E-state index in [1.165, 1.54) is 0 Å². The van der Waals surface area contributed by atoms with Crippen LogP contribution in [0.5, 0.6) is 0 Å². The number of carbonyl (C=O) groups is 1. The summed E-state index contributed by atoms with van der Waals surface area (Å²) in [7, 11) is 0. The minimum atomic E-state index is -0.138. The van der Waals surface area contributed by atoms with Gasteiger partial charge in [-0.05, 0) is 31.9 Å². The summed E-state index contributed by atoms with van der Waals surface area (Å²) >= 11 is 6.24. The number of nitrogens with zero attached hydrogens (tertiary/aromatic N) is 2. The number of halogens is 1. The second kappa shape index (κ2) is 8.02. The number of benzene rings is 1. The molecule has 2 atom stereocenters. The van der Waals surface area contributed by atoms with Gasteiger partial charge in [-0.2, -0.15) is 5.10 Å². The Morgan fingerprint density at radius 3 is 2.84 bits per heavy atom. The van der Waals surface area contributed by atoms with Crippen LogP contribution in [0.15, 0.2) is 30.5 Å².